The van der Waals surface area contributed by atoms with Crippen LogP contribution in [-0.2, 0) is 29.5 Å². The van der Waals surface area contributed by atoms with Crippen LogP contribution in [0.3, 0.4) is 0 Å². The van der Waals surface area contributed by atoms with Crippen LogP contribution in [0.1, 0.15) is 11.1 Å². The molecule has 6 nitrogen and oxygen atoms in total. The topological polar surface area (TPSA) is 85.1 Å². The maximum Gasteiger partial charge on any atom is 0.393 e. The summed E-state index contributed by atoms with van der Waals surface area (Å²) in [4.78, 5) is 21.6. The number of alkyl halides is 4. The van der Waals surface area contributed by atoms with E-state index in [1.54, 1.807) is 18.2 Å². The zero-order valence-corrected chi connectivity index (χ0v) is 14.7. The summed E-state index contributed by atoms with van der Waals surface area (Å²) in [6.45, 7) is 0. The van der Waals surface area contributed by atoms with Gasteiger partial charge in [-0.3, -0.25) is 15.6 Å². The van der Waals surface area contributed by atoms with Crippen LogP contribution in [0.25, 0.3) is 0 Å². The number of hydrogen-bond acceptors (Lipinski definition) is 4. The Kier molecular flexibility index (Phi) is 6.22. The van der Waals surface area contributed by atoms with Gasteiger partial charge in [0.15, 0.2) is 12.4 Å². The number of hydrogen-bond donors (Lipinski definition) is 2. The summed E-state index contributed by atoms with van der Waals surface area (Å²) in [5.41, 5.74) is 5.42. The van der Waals surface area contributed by atoms with E-state index in [2.05, 4.69) is 5.43 Å². The highest BCUT2D eigenvalue weighted by Crippen LogP contribution is 2.34. The van der Waals surface area contributed by atoms with Crippen molar-refractivity contribution in [3.05, 3.63) is 59.9 Å². The molecule has 0 spiro atoms. The number of nitrogens with zero attached hydrogens (tertiary/aromatic N) is 1. The highest BCUT2D eigenvalue weighted by Gasteiger charge is 2.63. The molecule has 0 unspecified atom stereocenters. The van der Waals surface area contributed by atoms with E-state index in [-0.39, 0.29) is 5.69 Å². The molecule has 0 radical (unpaired) electrons. The Bertz CT molecular complexity index is 875. The van der Waals surface area contributed by atoms with E-state index >= 15 is 0 Å². The first-order valence-electron chi connectivity index (χ1n) is 8.11. The van der Waals surface area contributed by atoms with E-state index in [9.17, 15) is 32.3 Å². The second-order valence-electron chi connectivity index (χ2n) is 6.05. The third kappa shape index (κ3) is 4.56. The van der Waals surface area contributed by atoms with Crippen LogP contribution in [-0.4, -0.2) is 23.7 Å². The van der Waals surface area contributed by atoms with Crippen LogP contribution < -0.4 is 20.5 Å². The number of hydrazine groups is 1. The Morgan fingerprint density at radius 3 is 2.36 bits per heavy atom. The lowest BCUT2D eigenvalue weighted by Crippen LogP contribution is -2.61. The number of pyridine rings is 1. The number of benzene rings is 1. The van der Waals surface area contributed by atoms with Crippen molar-refractivity contribution >= 4 is 17.6 Å². The first-order chi connectivity index (χ1) is 13.1. The number of rotatable bonds is 8. The van der Waals surface area contributed by atoms with E-state index in [0.29, 0.717) is 18.4 Å². The van der Waals surface area contributed by atoms with Gasteiger partial charge in [0.25, 0.3) is 0 Å². The monoisotopic (exact) mass is 399 g/mol. The Balaban J connectivity index is 2.07. The maximum atomic E-state index is 13.4. The molecule has 1 heterocycles. The van der Waals surface area contributed by atoms with Crippen molar-refractivity contribution in [1.82, 2.24) is 5.43 Å². The molecular weight excluding hydrogens is 382 g/mol. The first kappa shape index (κ1) is 21.1. The van der Waals surface area contributed by atoms with E-state index < -0.39 is 23.7 Å². The average Bonchev–Trinajstić information content (AvgIpc) is 2.64. The van der Waals surface area contributed by atoms with E-state index in [4.69, 9.17) is 0 Å². The molecule has 0 saturated heterocycles. The molecule has 2 N–H and O–H groups in total. The number of anilines is 1. The number of aryl methyl sites for hydroxylation is 3. The molecule has 0 aliphatic heterocycles. The van der Waals surface area contributed by atoms with Gasteiger partial charge in [-0.05, 0) is 30.5 Å². The number of nitrogens with one attached hydrogen (secondary N) is 2. The molecule has 1 amide bonds. The van der Waals surface area contributed by atoms with Crippen LogP contribution in [0.4, 0.5) is 23.2 Å². The van der Waals surface area contributed by atoms with Crippen LogP contribution in [0.15, 0.2) is 48.8 Å². The molecule has 0 atom stereocenters. The molecule has 0 fully saturated rings. The van der Waals surface area contributed by atoms with E-state index in [1.807, 2.05) is 36.1 Å². The molecule has 10 heteroatoms. The Hall–Kier alpha value is -3.17. The van der Waals surface area contributed by atoms with Crippen molar-refractivity contribution < 1.29 is 36.8 Å². The molecule has 1 aromatic carbocycles. The molecular formula is C18H17F4N3O3. The number of para-hydroxylation sites is 1. The highest BCUT2D eigenvalue weighted by molar-refractivity contribution is 5.92. The van der Waals surface area contributed by atoms with Gasteiger partial charge >= 0.3 is 17.8 Å². The second-order valence-corrected chi connectivity index (χ2v) is 6.05. The molecule has 28 heavy (non-hydrogen) atoms. The van der Waals surface area contributed by atoms with Gasteiger partial charge in [0.2, 0.25) is 0 Å². The standard InChI is InChI=1S/C18H17F4N3O3/c1-25-10-4-5-12(11-25)8-9-13-6-2-3-7-14(13)23-24-15(26)17(19,20)18(21,22)16(27)28/h2-7,10-11,23H,8-9H2,1H3,(H-,24,26,27,28). The van der Waals surface area contributed by atoms with Crippen molar-refractivity contribution in [2.45, 2.75) is 24.7 Å². The Labute approximate surface area is 157 Å². The van der Waals surface area contributed by atoms with Crippen molar-refractivity contribution in [2.75, 3.05) is 5.43 Å². The molecule has 0 saturated carbocycles. The van der Waals surface area contributed by atoms with Crippen molar-refractivity contribution in [1.29, 1.82) is 0 Å². The number of aromatic nitrogens is 1. The fraction of sp³-hybridized carbons (Fsp3) is 0.278. The normalized spacial score (nSPS) is 11.8. The molecule has 0 aliphatic rings. The van der Waals surface area contributed by atoms with Gasteiger partial charge in [-0.25, -0.2) is 4.57 Å². The molecule has 1 aromatic heterocycles. The SMILES string of the molecule is C[n+]1cccc(CCc2ccccc2NNC(=O)C(F)(F)C(F)(F)C(=O)[O-])c1. The predicted molar refractivity (Wildman–Crippen MR) is 88.1 cm³/mol. The van der Waals surface area contributed by atoms with Gasteiger partial charge in [0.1, 0.15) is 13.0 Å². The molecule has 0 bridgehead atoms. The molecule has 2 rings (SSSR count). The van der Waals surface area contributed by atoms with Crippen LogP contribution >= 0.6 is 0 Å². The summed E-state index contributed by atoms with van der Waals surface area (Å²) in [6, 6.07) is 10.1. The minimum Gasteiger partial charge on any atom is -0.544 e. The van der Waals surface area contributed by atoms with Crippen LogP contribution in [0.5, 0.6) is 0 Å². The van der Waals surface area contributed by atoms with Gasteiger partial charge in [0, 0.05) is 11.6 Å². The third-order valence-corrected chi connectivity index (χ3v) is 3.95. The summed E-state index contributed by atoms with van der Waals surface area (Å²) < 4.78 is 54.8. The van der Waals surface area contributed by atoms with Crippen LogP contribution in [0, 0.1) is 0 Å². The molecule has 150 valence electrons. The number of carbonyl (C=O) groups excluding carboxylic acids is 2. The Morgan fingerprint density at radius 1 is 1.04 bits per heavy atom. The van der Waals surface area contributed by atoms with Gasteiger partial charge in [0.05, 0.1) is 5.69 Å². The number of aliphatic carboxylic acids is 1. The fourth-order valence-corrected chi connectivity index (χ4v) is 2.41. The van der Waals surface area contributed by atoms with Crippen molar-refractivity contribution in [3.63, 3.8) is 0 Å². The lowest BCUT2D eigenvalue weighted by molar-refractivity contribution is -0.671. The van der Waals surface area contributed by atoms with Crippen molar-refractivity contribution in [2.24, 2.45) is 7.05 Å². The smallest absolute Gasteiger partial charge is 0.393 e. The zero-order chi connectivity index (χ0) is 20.9. The minimum absolute atomic E-state index is 0.212. The lowest BCUT2D eigenvalue weighted by atomic mass is 10.0. The summed E-state index contributed by atoms with van der Waals surface area (Å²) in [7, 11) is 1.86. The highest BCUT2D eigenvalue weighted by atomic mass is 19.3. The molecule has 0 aliphatic carbocycles. The average molecular weight is 399 g/mol. The largest absolute Gasteiger partial charge is 0.544 e. The lowest BCUT2D eigenvalue weighted by Gasteiger charge is -2.26. The van der Waals surface area contributed by atoms with Gasteiger partial charge in [-0.1, -0.05) is 18.2 Å². The number of carboxylic acid groups (broad SMARTS) is 1. The zero-order valence-electron chi connectivity index (χ0n) is 14.7. The number of amides is 1. The van der Waals surface area contributed by atoms with Crippen molar-refractivity contribution in [3.8, 4) is 0 Å². The summed E-state index contributed by atoms with van der Waals surface area (Å²) in [5, 5.41) is 10.2. The van der Waals surface area contributed by atoms with Crippen LogP contribution in [0.2, 0.25) is 0 Å². The van der Waals surface area contributed by atoms with E-state index in [1.165, 1.54) is 11.5 Å². The summed E-state index contributed by atoms with van der Waals surface area (Å²) in [5.74, 6) is -17.0. The summed E-state index contributed by atoms with van der Waals surface area (Å²) >= 11 is 0. The van der Waals surface area contributed by atoms with E-state index in [0.717, 1.165) is 5.56 Å². The van der Waals surface area contributed by atoms with Gasteiger partial charge < -0.3 is 9.90 Å². The maximum absolute atomic E-state index is 13.4. The fourth-order valence-electron chi connectivity index (χ4n) is 2.41. The molecule has 2 aromatic rings. The number of halogens is 4. The second kappa shape index (κ2) is 8.24. The summed E-state index contributed by atoms with van der Waals surface area (Å²) in [6.07, 6.45) is 4.83. The number of carboxylic acids is 1. The first-order valence-corrected chi connectivity index (χ1v) is 8.11. The minimum atomic E-state index is -5.65. The van der Waals surface area contributed by atoms with Gasteiger partial charge in [-0.2, -0.15) is 17.6 Å². The predicted octanol–water partition coefficient (Wildman–Crippen LogP) is 0.760. The third-order valence-electron chi connectivity index (χ3n) is 3.95. The van der Waals surface area contributed by atoms with Gasteiger partial charge in [-0.15, -0.1) is 0 Å². The quantitative estimate of drug-likeness (QED) is 0.390. The number of carbonyl (C=O) groups is 2. The Morgan fingerprint density at radius 2 is 1.71 bits per heavy atom.